The van der Waals surface area contributed by atoms with Crippen molar-refractivity contribution in [3.05, 3.63) is 93.1 Å². The van der Waals surface area contributed by atoms with Crippen LogP contribution in [0.2, 0.25) is 5.02 Å². The number of hydrogen-bond donors (Lipinski definition) is 3. The molecule has 0 aliphatic carbocycles. The van der Waals surface area contributed by atoms with Gasteiger partial charge in [0.15, 0.2) is 5.78 Å². The average Bonchev–Trinajstić information content (AvgIpc) is 3.26. The van der Waals surface area contributed by atoms with E-state index in [4.69, 9.17) is 11.6 Å². The van der Waals surface area contributed by atoms with Gasteiger partial charge in [0, 0.05) is 17.0 Å². The van der Waals surface area contributed by atoms with Crippen molar-refractivity contribution in [2.75, 3.05) is 0 Å². The van der Waals surface area contributed by atoms with E-state index < -0.39 is 24.9 Å². The predicted octanol–water partition coefficient (Wildman–Crippen LogP) is 3.50. The van der Waals surface area contributed by atoms with Crippen LogP contribution in [-0.4, -0.2) is 34.8 Å². The molecule has 1 heterocycles. The normalized spacial score (nSPS) is 12.8. The maximum atomic E-state index is 13.1. The van der Waals surface area contributed by atoms with Gasteiger partial charge in [-0.2, -0.15) is 11.3 Å². The predicted molar refractivity (Wildman–Crippen MR) is 120 cm³/mol. The first kappa shape index (κ1) is 22.2. The highest BCUT2D eigenvalue weighted by Crippen LogP contribution is 2.24. The van der Waals surface area contributed by atoms with Gasteiger partial charge in [-0.1, -0.05) is 54.1 Å². The molecule has 1 amide bonds. The van der Waals surface area contributed by atoms with Crippen LogP contribution < -0.4 is 5.32 Å². The molecule has 0 saturated heterocycles. The molecule has 8 heteroatoms. The van der Waals surface area contributed by atoms with Crippen LogP contribution in [0.15, 0.2) is 71.4 Å². The number of hydrogen-bond acceptors (Lipinski definition) is 5. The SMILES string of the molecule is O=C(C[C@H](C(=O)NC(Cc1ccsc1)B(O)O)c1ccc(Cl)cc1)c1ccccc1. The topological polar surface area (TPSA) is 86.6 Å². The van der Waals surface area contributed by atoms with Crippen LogP contribution >= 0.6 is 22.9 Å². The van der Waals surface area contributed by atoms with E-state index >= 15 is 0 Å². The minimum Gasteiger partial charge on any atom is -0.426 e. The van der Waals surface area contributed by atoms with E-state index in [1.807, 2.05) is 22.9 Å². The van der Waals surface area contributed by atoms with E-state index in [0.717, 1.165) is 5.56 Å². The number of amides is 1. The summed E-state index contributed by atoms with van der Waals surface area (Å²) in [6.45, 7) is 0. The number of Topliss-reactive ketones (excluding diaryl/α,β-unsaturated/α-hetero) is 1. The second kappa shape index (κ2) is 10.5. The molecule has 1 unspecified atom stereocenters. The molecule has 154 valence electrons. The Morgan fingerprint density at radius 1 is 1.03 bits per heavy atom. The van der Waals surface area contributed by atoms with Gasteiger partial charge in [-0.15, -0.1) is 0 Å². The Kier molecular flexibility index (Phi) is 7.82. The first-order valence-electron chi connectivity index (χ1n) is 9.45. The molecule has 30 heavy (non-hydrogen) atoms. The van der Waals surface area contributed by atoms with Gasteiger partial charge >= 0.3 is 7.12 Å². The van der Waals surface area contributed by atoms with Gasteiger partial charge in [0.1, 0.15) is 0 Å². The number of carbonyl (C=O) groups excluding carboxylic acids is 2. The van der Waals surface area contributed by atoms with Crippen molar-refractivity contribution in [2.45, 2.75) is 24.7 Å². The molecular formula is C22H21BClNO4S. The lowest BCUT2D eigenvalue weighted by molar-refractivity contribution is -0.123. The van der Waals surface area contributed by atoms with Crippen LogP contribution in [0.5, 0.6) is 0 Å². The summed E-state index contributed by atoms with van der Waals surface area (Å²) in [5, 5.41) is 26.5. The van der Waals surface area contributed by atoms with E-state index in [1.165, 1.54) is 11.3 Å². The van der Waals surface area contributed by atoms with Crippen LogP contribution in [-0.2, 0) is 11.2 Å². The van der Waals surface area contributed by atoms with E-state index in [-0.39, 0.29) is 18.6 Å². The quantitative estimate of drug-likeness (QED) is 0.350. The minimum absolute atomic E-state index is 0.0514. The van der Waals surface area contributed by atoms with E-state index in [2.05, 4.69) is 5.32 Å². The van der Waals surface area contributed by atoms with Crippen molar-refractivity contribution < 1.29 is 19.6 Å². The average molecular weight is 442 g/mol. The second-order valence-electron chi connectivity index (χ2n) is 6.96. The zero-order valence-electron chi connectivity index (χ0n) is 16.1. The fourth-order valence-corrected chi connectivity index (χ4v) is 3.97. The molecule has 3 N–H and O–H groups in total. The number of carbonyl (C=O) groups is 2. The highest BCUT2D eigenvalue weighted by molar-refractivity contribution is 7.07. The van der Waals surface area contributed by atoms with Crippen molar-refractivity contribution in [2.24, 2.45) is 0 Å². The van der Waals surface area contributed by atoms with Crippen LogP contribution in [0.25, 0.3) is 0 Å². The van der Waals surface area contributed by atoms with Crippen LogP contribution in [0.1, 0.15) is 33.8 Å². The third-order valence-electron chi connectivity index (χ3n) is 4.80. The summed E-state index contributed by atoms with van der Waals surface area (Å²) in [6, 6.07) is 17.4. The minimum atomic E-state index is -1.73. The number of thiophene rings is 1. The lowest BCUT2D eigenvalue weighted by Gasteiger charge is -2.22. The number of benzene rings is 2. The van der Waals surface area contributed by atoms with Crippen LogP contribution in [0.4, 0.5) is 0 Å². The summed E-state index contributed by atoms with van der Waals surface area (Å²) in [6.07, 6.45) is 0.219. The molecule has 1 aromatic heterocycles. The summed E-state index contributed by atoms with van der Waals surface area (Å²) in [4.78, 5) is 25.9. The Morgan fingerprint density at radius 2 is 1.73 bits per heavy atom. The molecule has 2 aromatic carbocycles. The molecule has 5 nitrogen and oxygen atoms in total. The van der Waals surface area contributed by atoms with E-state index in [1.54, 1.807) is 48.5 Å². The van der Waals surface area contributed by atoms with Gasteiger partial charge in [0.05, 0.1) is 11.9 Å². The van der Waals surface area contributed by atoms with Gasteiger partial charge < -0.3 is 15.4 Å². The zero-order valence-corrected chi connectivity index (χ0v) is 17.6. The van der Waals surface area contributed by atoms with Gasteiger partial charge in [-0.3, -0.25) is 9.59 Å². The van der Waals surface area contributed by atoms with E-state index in [9.17, 15) is 19.6 Å². The maximum absolute atomic E-state index is 13.1. The number of nitrogens with one attached hydrogen (secondary N) is 1. The summed E-state index contributed by atoms with van der Waals surface area (Å²) in [7, 11) is -1.73. The molecular weight excluding hydrogens is 421 g/mol. The Hall–Kier alpha value is -2.45. The van der Waals surface area contributed by atoms with Crippen LogP contribution in [0.3, 0.4) is 0 Å². The Bertz CT molecular complexity index is 965. The van der Waals surface area contributed by atoms with Gasteiger partial charge in [0.25, 0.3) is 0 Å². The largest absolute Gasteiger partial charge is 0.475 e. The summed E-state index contributed by atoms with van der Waals surface area (Å²) >= 11 is 7.46. The Morgan fingerprint density at radius 3 is 2.33 bits per heavy atom. The lowest BCUT2D eigenvalue weighted by Crippen LogP contribution is -2.49. The van der Waals surface area contributed by atoms with Crippen molar-refractivity contribution in [3.63, 3.8) is 0 Å². The molecule has 0 fully saturated rings. The van der Waals surface area contributed by atoms with Crippen LogP contribution in [0, 0.1) is 0 Å². The fourth-order valence-electron chi connectivity index (χ4n) is 3.16. The first-order chi connectivity index (χ1) is 14.4. The lowest BCUT2D eigenvalue weighted by atomic mass is 9.75. The summed E-state index contributed by atoms with van der Waals surface area (Å²) in [5.41, 5.74) is 2.03. The zero-order chi connectivity index (χ0) is 21.5. The van der Waals surface area contributed by atoms with Crippen molar-refractivity contribution >= 4 is 41.7 Å². The number of halogens is 1. The second-order valence-corrected chi connectivity index (χ2v) is 8.18. The molecule has 0 aliphatic heterocycles. The molecule has 2 atom stereocenters. The van der Waals surface area contributed by atoms with Crippen molar-refractivity contribution in [3.8, 4) is 0 Å². The fraction of sp³-hybridized carbons (Fsp3) is 0.182. The van der Waals surface area contributed by atoms with Gasteiger partial charge in [-0.25, -0.2) is 0 Å². The van der Waals surface area contributed by atoms with Crippen molar-refractivity contribution in [1.82, 2.24) is 5.32 Å². The number of ketones is 1. The summed E-state index contributed by atoms with van der Waals surface area (Å²) < 4.78 is 0. The van der Waals surface area contributed by atoms with Crippen molar-refractivity contribution in [1.29, 1.82) is 0 Å². The highest BCUT2D eigenvalue weighted by Gasteiger charge is 2.31. The third-order valence-corrected chi connectivity index (χ3v) is 5.78. The van der Waals surface area contributed by atoms with Gasteiger partial charge in [0.2, 0.25) is 5.91 Å². The molecule has 0 bridgehead atoms. The third kappa shape index (κ3) is 6.03. The molecule has 0 saturated carbocycles. The maximum Gasteiger partial charge on any atom is 0.475 e. The molecule has 0 radical (unpaired) electrons. The monoisotopic (exact) mass is 441 g/mol. The Labute approximate surface area is 184 Å². The molecule has 3 rings (SSSR count). The standard InChI is InChI=1S/C22H21BClNO4S/c24-18-8-6-16(7-9-18)19(13-20(26)17-4-2-1-3-5-17)22(27)25-21(23(28)29)12-15-10-11-30-14-15/h1-11,14,19,21,28-29H,12-13H2,(H,25,27)/t19-,21?/m0/s1. The van der Waals surface area contributed by atoms with E-state index in [0.29, 0.717) is 16.1 Å². The van der Waals surface area contributed by atoms with Gasteiger partial charge in [-0.05, 0) is 46.5 Å². The first-order valence-corrected chi connectivity index (χ1v) is 10.8. The molecule has 3 aromatic rings. The highest BCUT2D eigenvalue weighted by atomic mass is 35.5. The molecule has 0 spiro atoms. The number of rotatable bonds is 9. The molecule has 0 aliphatic rings. The Balaban J connectivity index is 1.81. The summed E-state index contributed by atoms with van der Waals surface area (Å²) in [5.74, 6) is -2.31. The smallest absolute Gasteiger partial charge is 0.426 e.